The van der Waals surface area contributed by atoms with Gasteiger partial charge < -0.3 is 15.0 Å². The summed E-state index contributed by atoms with van der Waals surface area (Å²) in [5.41, 5.74) is 0. The van der Waals surface area contributed by atoms with E-state index in [1.54, 1.807) is 0 Å². The Morgan fingerprint density at radius 3 is 2.25 bits per heavy atom. The number of carbonyl (C=O) groups is 1. The summed E-state index contributed by atoms with van der Waals surface area (Å²) in [5.74, 6) is -1.21. The van der Waals surface area contributed by atoms with Crippen LogP contribution in [0.25, 0.3) is 0 Å². The van der Waals surface area contributed by atoms with Crippen LogP contribution in [0.4, 0.5) is 0 Å². The third-order valence-corrected chi connectivity index (χ3v) is 0.462. The first kappa shape index (κ1) is 11.3. The van der Waals surface area contributed by atoms with Crippen molar-refractivity contribution in [3.05, 3.63) is 0 Å². The number of aliphatic hydroxyl groups excluding tert-OH is 1. The van der Waals surface area contributed by atoms with Crippen molar-refractivity contribution in [3.8, 4) is 0 Å². The fraction of sp³-hybridized carbons (Fsp3) is 0.750. The molecule has 0 aliphatic carbocycles. The second kappa shape index (κ2) is 5.56. The van der Waals surface area contributed by atoms with Crippen LogP contribution in [0.15, 0.2) is 0 Å². The predicted molar refractivity (Wildman–Crippen MR) is 21.3 cm³/mol. The SMILES string of the molecule is C[C@H](O)CC(=O)[O-].[Na+]. The second-order valence-corrected chi connectivity index (χ2v) is 1.43. The smallest absolute Gasteiger partial charge is 0.550 e. The van der Waals surface area contributed by atoms with Gasteiger partial charge in [0.2, 0.25) is 0 Å². The predicted octanol–water partition coefficient (Wildman–Crippen LogP) is -4.49. The largest absolute Gasteiger partial charge is 1.00 e. The molecule has 0 heterocycles. The van der Waals surface area contributed by atoms with E-state index in [9.17, 15) is 9.90 Å². The minimum absolute atomic E-state index is 0. The van der Waals surface area contributed by atoms with Gasteiger partial charge in [0.15, 0.2) is 0 Å². The van der Waals surface area contributed by atoms with Crippen molar-refractivity contribution >= 4 is 5.97 Å². The van der Waals surface area contributed by atoms with E-state index in [2.05, 4.69) is 0 Å². The molecular weight excluding hydrogens is 119 g/mol. The van der Waals surface area contributed by atoms with Crippen molar-refractivity contribution in [2.24, 2.45) is 0 Å². The van der Waals surface area contributed by atoms with Crippen LogP contribution in [0, 0.1) is 0 Å². The average molecular weight is 126 g/mol. The van der Waals surface area contributed by atoms with E-state index in [0.29, 0.717) is 0 Å². The number of hydrogen-bond acceptors (Lipinski definition) is 3. The molecule has 0 unspecified atom stereocenters. The van der Waals surface area contributed by atoms with Gasteiger partial charge >= 0.3 is 29.6 Å². The van der Waals surface area contributed by atoms with Crippen LogP contribution in [-0.4, -0.2) is 17.2 Å². The molecule has 0 saturated heterocycles. The van der Waals surface area contributed by atoms with E-state index in [1.807, 2.05) is 0 Å². The zero-order valence-electron chi connectivity index (χ0n) is 5.05. The third kappa shape index (κ3) is 9.66. The van der Waals surface area contributed by atoms with Gasteiger partial charge in [0.05, 0.1) is 6.10 Å². The number of carboxylic acids is 1. The van der Waals surface area contributed by atoms with Gasteiger partial charge in [-0.2, -0.15) is 0 Å². The maximum Gasteiger partial charge on any atom is 1.00 e. The summed E-state index contributed by atoms with van der Waals surface area (Å²) in [6, 6.07) is 0. The molecular formula is C4H7NaO3. The second-order valence-electron chi connectivity index (χ2n) is 1.43. The van der Waals surface area contributed by atoms with Gasteiger partial charge in [-0.15, -0.1) is 0 Å². The Balaban J connectivity index is 0. The summed E-state index contributed by atoms with van der Waals surface area (Å²) in [5, 5.41) is 17.8. The Kier molecular flexibility index (Phi) is 7.83. The minimum atomic E-state index is -1.21. The summed E-state index contributed by atoms with van der Waals surface area (Å²) >= 11 is 0. The van der Waals surface area contributed by atoms with Crippen LogP contribution >= 0.6 is 0 Å². The summed E-state index contributed by atoms with van der Waals surface area (Å²) in [7, 11) is 0. The van der Waals surface area contributed by atoms with E-state index in [-0.39, 0.29) is 36.0 Å². The third-order valence-electron chi connectivity index (χ3n) is 0.462. The first-order valence-electron chi connectivity index (χ1n) is 2.01. The van der Waals surface area contributed by atoms with Crippen LogP contribution in [0.1, 0.15) is 13.3 Å². The first-order valence-corrected chi connectivity index (χ1v) is 2.01. The number of carboxylic acid groups (broad SMARTS) is 1. The van der Waals surface area contributed by atoms with Gasteiger partial charge in [-0.1, -0.05) is 0 Å². The number of aliphatic hydroxyl groups is 1. The van der Waals surface area contributed by atoms with E-state index < -0.39 is 12.1 Å². The molecule has 4 heteroatoms. The average Bonchev–Trinajstić information content (AvgIpc) is 1.27. The molecule has 0 amide bonds. The molecule has 0 rings (SSSR count). The summed E-state index contributed by atoms with van der Waals surface area (Å²) in [6.07, 6.45) is -1.06. The molecule has 0 radical (unpaired) electrons. The van der Waals surface area contributed by atoms with Crippen molar-refractivity contribution in [2.75, 3.05) is 0 Å². The quantitative estimate of drug-likeness (QED) is 0.379. The van der Waals surface area contributed by atoms with Gasteiger partial charge in [-0.25, -0.2) is 0 Å². The van der Waals surface area contributed by atoms with Crippen molar-refractivity contribution in [3.63, 3.8) is 0 Å². The fourth-order valence-corrected chi connectivity index (χ4v) is 0.241. The molecule has 0 aromatic heterocycles. The fourth-order valence-electron chi connectivity index (χ4n) is 0.241. The number of aliphatic carboxylic acids is 1. The van der Waals surface area contributed by atoms with Crippen LogP contribution in [0.5, 0.6) is 0 Å². The van der Waals surface area contributed by atoms with Crippen molar-refractivity contribution < 1.29 is 44.6 Å². The number of rotatable bonds is 2. The summed E-state index contributed by atoms with van der Waals surface area (Å²) in [4.78, 5) is 9.54. The normalized spacial score (nSPS) is 11.8. The number of hydrogen-bond donors (Lipinski definition) is 1. The van der Waals surface area contributed by atoms with Gasteiger partial charge in [-0.3, -0.25) is 0 Å². The monoisotopic (exact) mass is 126 g/mol. The Hall–Kier alpha value is 0.430. The van der Waals surface area contributed by atoms with E-state index in [4.69, 9.17) is 5.11 Å². The van der Waals surface area contributed by atoms with Gasteiger partial charge in [-0.05, 0) is 6.92 Å². The van der Waals surface area contributed by atoms with Crippen LogP contribution in [0.3, 0.4) is 0 Å². The topological polar surface area (TPSA) is 60.4 Å². The molecule has 42 valence electrons. The zero-order valence-corrected chi connectivity index (χ0v) is 7.05. The molecule has 0 saturated carbocycles. The molecule has 0 aromatic rings. The van der Waals surface area contributed by atoms with Crippen molar-refractivity contribution in [2.45, 2.75) is 19.4 Å². The van der Waals surface area contributed by atoms with Crippen LogP contribution in [-0.2, 0) is 4.79 Å². The van der Waals surface area contributed by atoms with Gasteiger partial charge in [0, 0.05) is 12.4 Å². The molecule has 8 heavy (non-hydrogen) atoms. The Labute approximate surface area is 70.0 Å². The standard InChI is InChI=1S/C4H8O3.Na/c1-3(5)2-4(6)7;/h3,5H,2H2,1H3,(H,6,7);/q;+1/p-1/t3-;/m0./s1. The van der Waals surface area contributed by atoms with Crippen LogP contribution < -0.4 is 34.7 Å². The minimum Gasteiger partial charge on any atom is -0.550 e. The molecule has 1 atom stereocenters. The molecule has 0 spiro atoms. The molecule has 0 fully saturated rings. The Bertz CT molecular complexity index is 71.7. The van der Waals surface area contributed by atoms with E-state index >= 15 is 0 Å². The van der Waals surface area contributed by atoms with E-state index in [1.165, 1.54) is 6.92 Å². The summed E-state index contributed by atoms with van der Waals surface area (Å²) < 4.78 is 0. The zero-order chi connectivity index (χ0) is 5.86. The Morgan fingerprint density at radius 2 is 2.25 bits per heavy atom. The maximum atomic E-state index is 9.54. The molecule has 0 bridgehead atoms. The van der Waals surface area contributed by atoms with Crippen molar-refractivity contribution in [1.82, 2.24) is 0 Å². The molecule has 0 aliphatic rings. The van der Waals surface area contributed by atoms with Crippen LogP contribution in [0.2, 0.25) is 0 Å². The Morgan fingerprint density at radius 1 is 1.88 bits per heavy atom. The van der Waals surface area contributed by atoms with Gasteiger partial charge in [0.25, 0.3) is 0 Å². The van der Waals surface area contributed by atoms with Crippen molar-refractivity contribution in [1.29, 1.82) is 0 Å². The first-order chi connectivity index (χ1) is 3.13. The maximum absolute atomic E-state index is 9.54. The van der Waals surface area contributed by atoms with Gasteiger partial charge in [0.1, 0.15) is 0 Å². The van der Waals surface area contributed by atoms with E-state index in [0.717, 1.165) is 0 Å². The molecule has 0 aromatic carbocycles. The molecule has 1 N–H and O–H groups in total. The summed E-state index contributed by atoms with van der Waals surface area (Å²) in [6.45, 7) is 1.40. The molecule has 0 aliphatic heterocycles. The number of carbonyl (C=O) groups excluding carboxylic acids is 1. The molecule has 3 nitrogen and oxygen atoms in total.